The van der Waals surface area contributed by atoms with E-state index in [0.29, 0.717) is 5.56 Å². The predicted octanol–water partition coefficient (Wildman–Crippen LogP) is 2.93. The number of rotatable bonds is 3. The lowest BCUT2D eigenvalue weighted by atomic mass is 9.83. The van der Waals surface area contributed by atoms with Gasteiger partial charge in [0.2, 0.25) is 0 Å². The molecule has 7 nitrogen and oxygen atoms in total. The van der Waals surface area contributed by atoms with Crippen LogP contribution in [-0.4, -0.2) is 65.5 Å². The van der Waals surface area contributed by atoms with Crippen LogP contribution in [0.1, 0.15) is 23.2 Å². The summed E-state index contributed by atoms with van der Waals surface area (Å²) in [5.74, 6) is -3.11. The molecule has 184 valence electrons. The van der Waals surface area contributed by atoms with Gasteiger partial charge in [-0.1, -0.05) is 23.8 Å². The van der Waals surface area contributed by atoms with Crippen molar-refractivity contribution in [2.24, 2.45) is 5.92 Å². The molecule has 33 heavy (non-hydrogen) atoms. The van der Waals surface area contributed by atoms with Gasteiger partial charge in [-0.05, 0) is 44.0 Å². The van der Waals surface area contributed by atoms with Crippen LogP contribution in [0.4, 0.5) is 26.3 Å². The molecule has 0 aromatic carbocycles. The Labute approximate surface area is 189 Å². The number of hydrogen-bond acceptors (Lipinski definition) is 5. The Morgan fingerprint density at radius 2 is 1.73 bits per heavy atom. The molecule has 1 saturated heterocycles. The van der Waals surface area contributed by atoms with E-state index in [4.69, 9.17) is 21.5 Å². The van der Waals surface area contributed by atoms with Crippen LogP contribution in [0.25, 0.3) is 0 Å². The molecule has 3 heterocycles. The first kappa shape index (κ1) is 26.9. The Balaban J connectivity index is 0.000000479. The smallest absolute Gasteiger partial charge is 0.475 e. The maximum atomic E-state index is 13.1. The van der Waals surface area contributed by atoms with Crippen LogP contribution in [0.3, 0.4) is 0 Å². The molecule has 2 aliphatic rings. The van der Waals surface area contributed by atoms with Gasteiger partial charge in [0, 0.05) is 17.8 Å². The van der Waals surface area contributed by atoms with Crippen molar-refractivity contribution in [3.8, 4) is 0 Å². The van der Waals surface area contributed by atoms with Gasteiger partial charge in [0.25, 0.3) is 5.91 Å². The van der Waals surface area contributed by atoms with E-state index in [2.05, 4.69) is 20.9 Å². The fourth-order valence-corrected chi connectivity index (χ4v) is 3.64. The molecule has 1 aromatic heterocycles. The van der Waals surface area contributed by atoms with Crippen LogP contribution in [0.5, 0.6) is 0 Å². The number of carboxylic acid groups (broad SMARTS) is 1. The lowest BCUT2D eigenvalue weighted by Crippen LogP contribution is -2.61. The maximum absolute atomic E-state index is 13.1. The first-order valence-electron chi connectivity index (χ1n) is 9.73. The Morgan fingerprint density at radius 3 is 2.24 bits per heavy atom. The molecule has 1 amide bonds. The van der Waals surface area contributed by atoms with Gasteiger partial charge in [0.15, 0.2) is 0 Å². The first-order valence-corrected chi connectivity index (χ1v) is 10.1. The van der Waals surface area contributed by atoms with Gasteiger partial charge in [0.05, 0.1) is 6.04 Å². The fourth-order valence-electron chi connectivity index (χ4n) is 3.47. The van der Waals surface area contributed by atoms with E-state index < -0.39 is 42.4 Å². The minimum absolute atomic E-state index is 0.0392. The van der Waals surface area contributed by atoms with Crippen LogP contribution in [-0.2, 0) is 4.79 Å². The molecule has 3 atom stereocenters. The highest BCUT2D eigenvalue weighted by molar-refractivity contribution is 6.29. The summed E-state index contributed by atoms with van der Waals surface area (Å²) in [6, 6.07) is 0.214. The standard InChI is InChI=1S/C17H20ClF3N4O.C2HF3O2/c18-14-9-11(5-8-23-14)16(26)24-12-1-2-13(17(19,20)21)25-15(12)10-3-6-22-7-4-10;3-2(4,5)1(6)7/h1-2,5,8-10,12-13,15,22,25H,3-4,6-7H2,(H,24,26);(H,6,7)/t12?,13?,15-;/m1./s1. The Kier molecular flexibility index (Phi) is 9.09. The third-order valence-electron chi connectivity index (χ3n) is 5.04. The highest BCUT2D eigenvalue weighted by Crippen LogP contribution is 2.29. The molecule has 0 radical (unpaired) electrons. The fraction of sp³-hybridized carbons (Fsp3) is 0.526. The average molecular weight is 503 g/mol. The number of hydrogen-bond donors (Lipinski definition) is 4. The summed E-state index contributed by atoms with van der Waals surface area (Å²) in [6.07, 6.45) is -4.01. The molecule has 0 spiro atoms. The van der Waals surface area contributed by atoms with Crippen LogP contribution in [0, 0.1) is 5.92 Å². The second-order valence-electron chi connectivity index (χ2n) is 7.35. The Morgan fingerprint density at radius 1 is 1.12 bits per heavy atom. The molecular weight excluding hydrogens is 482 g/mol. The summed E-state index contributed by atoms with van der Waals surface area (Å²) in [4.78, 5) is 25.2. The lowest BCUT2D eigenvalue weighted by Gasteiger charge is -2.40. The van der Waals surface area contributed by atoms with Gasteiger partial charge in [-0.25, -0.2) is 9.78 Å². The van der Waals surface area contributed by atoms with Crippen molar-refractivity contribution in [1.82, 2.24) is 20.9 Å². The van der Waals surface area contributed by atoms with Crippen molar-refractivity contribution in [2.45, 2.75) is 43.3 Å². The summed E-state index contributed by atoms with van der Waals surface area (Å²) in [5, 5.41) is 16.0. The largest absolute Gasteiger partial charge is 0.490 e. The molecule has 0 aliphatic carbocycles. The van der Waals surface area contributed by atoms with Gasteiger partial charge >= 0.3 is 18.3 Å². The second kappa shape index (κ2) is 11.2. The number of carbonyl (C=O) groups is 2. The zero-order valence-electron chi connectivity index (χ0n) is 16.9. The summed E-state index contributed by atoms with van der Waals surface area (Å²) in [5.41, 5.74) is 0.320. The summed E-state index contributed by atoms with van der Waals surface area (Å²) < 4.78 is 71.2. The quantitative estimate of drug-likeness (QED) is 0.288. The van der Waals surface area contributed by atoms with Crippen LogP contribution in [0.15, 0.2) is 30.5 Å². The number of nitrogens with one attached hydrogen (secondary N) is 3. The van der Waals surface area contributed by atoms with Crippen molar-refractivity contribution < 1.29 is 41.0 Å². The third-order valence-corrected chi connectivity index (χ3v) is 5.25. The molecule has 3 rings (SSSR count). The number of aromatic nitrogens is 1. The highest BCUT2D eigenvalue weighted by atomic mass is 35.5. The topological polar surface area (TPSA) is 103 Å². The number of carbonyl (C=O) groups excluding carboxylic acids is 1. The van der Waals surface area contributed by atoms with Crippen molar-refractivity contribution in [1.29, 1.82) is 0 Å². The molecule has 4 N–H and O–H groups in total. The molecule has 2 unspecified atom stereocenters. The zero-order valence-corrected chi connectivity index (χ0v) is 17.6. The van der Waals surface area contributed by atoms with E-state index in [1.165, 1.54) is 24.4 Å². The summed E-state index contributed by atoms with van der Waals surface area (Å²) in [7, 11) is 0. The van der Waals surface area contributed by atoms with Gasteiger partial charge < -0.3 is 15.7 Å². The highest BCUT2D eigenvalue weighted by Gasteiger charge is 2.44. The monoisotopic (exact) mass is 502 g/mol. The Hall–Kier alpha value is -2.38. The average Bonchev–Trinajstić information content (AvgIpc) is 2.73. The number of pyridine rings is 1. The van der Waals surface area contributed by atoms with Crippen molar-refractivity contribution in [3.63, 3.8) is 0 Å². The minimum atomic E-state index is -5.08. The van der Waals surface area contributed by atoms with Gasteiger partial charge in [-0.15, -0.1) is 0 Å². The molecule has 0 bridgehead atoms. The summed E-state index contributed by atoms with van der Waals surface area (Å²) >= 11 is 5.80. The molecule has 14 heteroatoms. The lowest BCUT2D eigenvalue weighted by molar-refractivity contribution is -0.192. The second-order valence-corrected chi connectivity index (χ2v) is 7.74. The van der Waals surface area contributed by atoms with Gasteiger partial charge in [-0.2, -0.15) is 26.3 Å². The van der Waals surface area contributed by atoms with E-state index in [1.807, 2.05) is 0 Å². The molecule has 1 fully saturated rings. The number of piperidine rings is 1. The molecule has 0 saturated carbocycles. The van der Waals surface area contributed by atoms with Gasteiger partial charge in [-0.3, -0.25) is 10.1 Å². The van der Waals surface area contributed by atoms with E-state index in [1.54, 1.807) is 0 Å². The SMILES string of the molecule is O=C(NC1C=CC(C(F)(F)F)N[C@@H]1C1CCNCC1)c1ccnc(Cl)c1.O=C(O)C(F)(F)F. The minimum Gasteiger partial charge on any atom is -0.475 e. The number of amides is 1. The zero-order chi connectivity index (χ0) is 24.8. The number of halogens is 7. The molecule has 2 aliphatic heterocycles. The molecular formula is C19H21ClF6N4O3. The van der Waals surface area contributed by atoms with Crippen molar-refractivity contribution in [2.75, 3.05) is 13.1 Å². The van der Waals surface area contributed by atoms with Crippen molar-refractivity contribution >= 4 is 23.5 Å². The summed E-state index contributed by atoms with van der Waals surface area (Å²) in [6.45, 7) is 1.51. The Bertz CT molecular complexity index is 859. The first-order chi connectivity index (χ1) is 15.3. The normalized spacial score (nSPS) is 23.9. The van der Waals surface area contributed by atoms with Crippen LogP contribution >= 0.6 is 11.6 Å². The maximum Gasteiger partial charge on any atom is 0.490 e. The van der Waals surface area contributed by atoms with E-state index >= 15 is 0 Å². The van der Waals surface area contributed by atoms with Crippen LogP contribution < -0.4 is 16.0 Å². The van der Waals surface area contributed by atoms with Crippen LogP contribution in [0.2, 0.25) is 5.15 Å². The van der Waals surface area contributed by atoms with Crippen molar-refractivity contribution in [3.05, 3.63) is 41.2 Å². The third kappa shape index (κ3) is 8.16. The number of aliphatic carboxylic acids is 1. The van der Waals surface area contributed by atoms with E-state index in [-0.39, 0.29) is 11.1 Å². The number of carboxylic acids is 1. The van der Waals surface area contributed by atoms with Gasteiger partial charge in [0.1, 0.15) is 11.2 Å². The predicted molar refractivity (Wildman–Crippen MR) is 106 cm³/mol. The number of nitrogens with zero attached hydrogens (tertiary/aromatic N) is 1. The molecule has 1 aromatic rings. The van der Waals surface area contributed by atoms with E-state index in [9.17, 15) is 31.1 Å². The number of alkyl halides is 6. The van der Waals surface area contributed by atoms with E-state index in [0.717, 1.165) is 32.0 Å².